The van der Waals surface area contributed by atoms with Gasteiger partial charge in [-0.05, 0) is 45.9 Å². The number of pyridine rings is 1. The number of hydrogen-bond donors (Lipinski definition) is 2. The largest absolute Gasteiger partial charge is 0.497 e. The van der Waals surface area contributed by atoms with Crippen molar-refractivity contribution in [2.45, 2.75) is 33.3 Å². The molecule has 0 aliphatic rings. The second-order valence-electron chi connectivity index (χ2n) is 10.5. The average Bonchev–Trinajstić information content (AvgIpc) is 2.97. The number of hydrogen-bond acceptors (Lipinski definition) is 10. The van der Waals surface area contributed by atoms with Gasteiger partial charge in [0.2, 0.25) is 0 Å². The summed E-state index contributed by atoms with van der Waals surface area (Å²) in [5.41, 5.74) is 0.678. The van der Waals surface area contributed by atoms with Crippen LogP contribution in [0.15, 0.2) is 72.9 Å². The highest BCUT2D eigenvalue weighted by molar-refractivity contribution is 6.02. The second kappa shape index (κ2) is 14.9. The standard InChI is InChI=1S/C33H37N3O8/c1-6-41-31(37)21-40-15-16-42-25-18-22(17-24(19-25)39-5)35-30-20-23(13-14-34-30)43-29-12-11-28(26-9-7-8-10-27(26)29)36-32(38)44-33(2,3)4/h7-14,17-20H,6,15-16,21H2,1-5H3,(H,34,35)(H,36,38). The minimum atomic E-state index is -0.614. The van der Waals surface area contributed by atoms with Gasteiger partial charge in [0.25, 0.3) is 0 Å². The lowest BCUT2D eigenvalue weighted by atomic mass is 10.1. The van der Waals surface area contributed by atoms with E-state index in [9.17, 15) is 9.59 Å². The second-order valence-corrected chi connectivity index (χ2v) is 10.5. The molecule has 44 heavy (non-hydrogen) atoms. The zero-order valence-electron chi connectivity index (χ0n) is 25.5. The molecule has 0 atom stereocenters. The number of nitrogens with zero attached hydrogens (tertiary/aromatic N) is 1. The number of benzene rings is 3. The molecule has 0 aliphatic heterocycles. The van der Waals surface area contributed by atoms with Crippen molar-refractivity contribution in [2.75, 3.05) is 44.2 Å². The van der Waals surface area contributed by atoms with E-state index in [-0.39, 0.29) is 19.8 Å². The van der Waals surface area contributed by atoms with Gasteiger partial charge in [-0.15, -0.1) is 0 Å². The molecule has 2 N–H and O–H groups in total. The van der Waals surface area contributed by atoms with Gasteiger partial charge in [-0.25, -0.2) is 14.6 Å². The number of esters is 1. The molecule has 1 aromatic heterocycles. The summed E-state index contributed by atoms with van der Waals surface area (Å²) >= 11 is 0. The number of carbonyl (C=O) groups is 2. The topological polar surface area (TPSA) is 126 Å². The summed E-state index contributed by atoms with van der Waals surface area (Å²) in [6, 6.07) is 20.1. The van der Waals surface area contributed by atoms with Crippen LogP contribution in [0, 0.1) is 0 Å². The summed E-state index contributed by atoms with van der Waals surface area (Å²) < 4.78 is 33.0. The van der Waals surface area contributed by atoms with Crippen LogP contribution in [0.25, 0.3) is 10.8 Å². The molecule has 0 fully saturated rings. The molecule has 0 bridgehead atoms. The first kappa shape index (κ1) is 31.9. The Morgan fingerprint density at radius 3 is 2.41 bits per heavy atom. The number of aromatic nitrogens is 1. The van der Waals surface area contributed by atoms with Crippen LogP contribution in [0.2, 0.25) is 0 Å². The fraction of sp³-hybridized carbons (Fsp3) is 0.303. The van der Waals surface area contributed by atoms with Crippen molar-refractivity contribution in [1.82, 2.24) is 4.98 Å². The van der Waals surface area contributed by atoms with Gasteiger partial charge in [0, 0.05) is 46.9 Å². The molecule has 232 valence electrons. The first-order valence-corrected chi connectivity index (χ1v) is 14.1. The van der Waals surface area contributed by atoms with Crippen LogP contribution in [0.1, 0.15) is 27.7 Å². The van der Waals surface area contributed by atoms with Gasteiger partial charge in [-0.2, -0.15) is 0 Å². The van der Waals surface area contributed by atoms with Crippen molar-refractivity contribution in [3.05, 3.63) is 72.9 Å². The molecular formula is C33H37N3O8. The van der Waals surface area contributed by atoms with Crippen molar-refractivity contribution in [3.63, 3.8) is 0 Å². The number of amides is 1. The van der Waals surface area contributed by atoms with Gasteiger partial charge in [0.15, 0.2) is 0 Å². The first-order chi connectivity index (χ1) is 21.1. The van der Waals surface area contributed by atoms with E-state index in [0.717, 1.165) is 10.8 Å². The molecule has 1 amide bonds. The molecule has 0 aliphatic carbocycles. The van der Waals surface area contributed by atoms with E-state index < -0.39 is 17.7 Å². The van der Waals surface area contributed by atoms with Crippen molar-refractivity contribution in [3.8, 4) is 23.0 Å². The third-order valence-electron chi connectivity index (χ3n) is 5.89. The van der Waals surface area contributed by atoms with Crippen LogP contribution < -0.4 is 24.8 Å². The van der Waals surface area contributed by atoms with Crippen LogP contribution >= 0.6 is 0 Å². The molecular weight excluding hydrogens is 566 g/mol. The van der Waals surface area contributed by atoms with E-state index >= 15 is 0 Å². The molecule has 0 saturated heterocycles. The average molecular weight is 604 g/mol. The molecule has 11 heteroatoms. The number of methoxy groups -OCH3 is 1. The highest BCUT2D eigenvalue weighted by atomic mass is 16.6. The van der Waals surface area contributed by atoms with E-state index in [1.54, 1.807) is 56.6 Å². The minimum Gasteiger partial charge on any atom is -0.497 e. The zero-order chi connectivity index (χ0) is 31.5. The van der Waals surface area contributed by atoms with Crippen molar-refractivity contribution < 1.29 is 38.0 Å². The number of carbonyl (C=O) groups excluding carboxylic acids is 2. The summed E-state index contributed by atoms with van der Waals surface area (Å²) in [5.74, 6) is 2.40. The third kappa shape index (κ3) is 9.50. The monoisotopic (exact) mass is 603 g/mol. The fourth-order valence-electron chi connectivity index (χ4n) is 4.12. The maximum absolute atomic E-state index is 12.4. The number of rotatable bonds is 13. The smallest absolute Gasteiger partial charge is 0.412 e. The Morgan fingerprint density at radius 2 is 1.66 bits per heavy atom. The molecule has 1 heterocycles. The van der Waals surface area contributed by atoms with Crippen LogP contribution in [-0.2, 0) is 19.0 Å². The summed E-state index contributed by atoms with van der Waals surface area (Å²) in [6.45, 7) is 7.80. The number of fused-ring (bicyclic) bond motifs is 1. The Labute approximate surface area is 256 Å². The van der Waals surface area contributed by atoms with E-state index in [2.05, 4.69) is 15.6 Å². The molecule has 4 rings (SSSR count). The van der Waals surface area contributed by atoms with E-state index in [4.69, 9.17) is 28.4 Å². The van der Waals surface area contributed by atoms with Crippen LogP contribution in [0.5, 0.6) is 23.0 Å². The number of ether oxygens (including phenoxy) is 6. The molecule has 0 spiro atoms. The SMILES string of the molecule is CCOC(=O)COCCOc1cc(Nc2cc(Oc3ccc(NC(=O)OC(C)(C)C)c4ccccc34)ccn2)cc(OC)c1. The van der Waals surface area contributed by atoms with E-state index in [1.165, 1.54) is 0 Å². The highest BCUT2D eigenvalue weighted by Gasteiger charge is 2.18. The lowest BCUT2D eigenvalue weighted by Crippen LogP contribution is -2.27. The van der Waals surface area contributed by atoms with Gasteiger partial charge >= 0.3 is 12.1 Å². The molecule has 3 aromatic carbocycles. The highest BCUT2D eigenvalue weighted by Crippen LogP contribution is 2.35. The number of nitrogens with one attached hydrogen (secondary N) is 2. The maximum Gasteiger partial charge on any atom is 0.412 e. The van der Waals surface area contributed by atoms with Crippen molar-refractivity contribution in [1.29, 1.82) is 0 Å². The molecule has 0 saturated carbocycles. The van der Waals surface area contributed by atoms with Crippen molar-refractivity contribution >= 4 is 40.0 Å². The zero-order valence-corrected chi connectivity index (χ0v) is 25.5. The predicted octanol–water partition coefficient (Wildman–Crippen LogP) is 7.08. The Morgan fingerprint density at radius 1 is 0.886 bits per heavy atom. The molecule has 11 nitrogen and oxygen atoms in total. The quantitative estimate of drug-likeness (QED) is 0.121. The third-order valence-corrected chi connectivity index (χ3v) is 5.89. The van der Waals surface area contributed by atoms with Crippen LogP contribution in [0.4, 0.5) is 22.0 Å². The summed E-state index contributed by atoms with van der Waals surface area (Å²) in [6.07, 6.45) is 1.10. The Bertz CT molecular complexity index is 1590. The summed E-state index contributed by atoms with van der Waals surface area (Å²) in [4.78, 5) is 28.2. The Hall–Kier alpha value is -5.03. The van der Waals surface area contributed by atoms with Crippen LogP contribution in [-0.4, -0.2) is 56.2 Å². The molecule has 0 radical (unpaired) electrons. The van der Waals surface area contributed by atoms with E-state index in [0.29, 0.717) is 46.8 Å². The van der Waals surface area contributed by atoms with Gasteiger partial charge in [0.1, 0.15) is 47.6 Å². The van der Waals surface area contributed by atoms with Gasteiger partial charge in [-0.1, -0.05) is 24.3 Å². The lowest BCUT2D eigenvalue weighted by Gasteiger charge is -2.20. The lowest BCUT2D eigenvalue weighted by molar-refractivity contribution is -0.148. The van der Waals surface area contributed by atoms with Crippen LogP contribution in [0.3, 0.4) is 0 Å². The Balaban J connectivity index is 1.44. The fourth-order valence-corrected chi connectivity index (χ4v) is 4.12. The maximum atomic E-state index is 12.4. The van der Waals surface area contributed by atoms with E-state index in [1.807, 2.05) is 51.1 Å². The van der Waals surface area contributed by atoms with Gasteiger partial charge in [-0.3, -0.25) is 5.32 Å². The summed E-state index contributed by atoms with van der Waals surface area (Å²) in [7, 11) is 1.57. The predicted molar refractivity (Wildman–Crippen MR) is 167 cm³/mol. The Kier molecular flexibility index (Phi) is 10.8. The van der Waals surface area contributed by atoms with Crippen molar-refractivity contribution in [2.24, 2.45) is 0 Å². The van der Waals surface area contributed by atoms with Gasteiger partial charge < -0.3 is 33.7 Å². The minimum absolute atomic E-state index is 0.130. The first-order valence-electron chi connectivity index (χ1n) is 14.1. The molecule has 0 unspecified atom stereocenters. The summed E-state index contributed by atoms with van der Waals surface area (Å²) in [5, 5.41) is 7.70. The normalized spacial score (nSPS) is 11.0. The molecule has 4 aromatic rings. The number of anilines is 3. The van der Waals surface area contributed by atoms with Gasteiger partial charge in [0.05, 0.1) is 26.0 Å².